The Bertz CT molecular complexity index is 325. The molecule has 0 fully saturated rings. The van der Waals surface area contributed by atoms with E-state index in [0.29, 0.717) is 5.56 Å². The largest absolute Gasteiger partial charge is 0.502 e. The molecule has 0 heterocycles. The molecule has 14 heavy (non-hydrogen) atoms. The Morgan fingerprint density at radius 2 is 2.14 bits per heavy atom. The average Bonchev–Trinajstić information content (AvgIpc) is 2.20. The zero-order valence-corrected chi connectivity index (χ0v) is 8.12. The molecular formula is C10H13FO3. The van der Waals surface area contributed by atoms with Crippen molar-refractivity contribution in [3.63, 3.8) is 0 Å². The number of benzene rings is 1. The number of hydrogen-bond acceptors (Lipinski definition) is 3. The highest BCUT2D eigenvalue weighted by Crippen LogP contribution is 2.32. The average molecular weight is 200 g/mol. The summed E-state index contributed by atoms with van der Waals surface area (Å²) in [6.45, 7) is 1.68. The highest BCUT2D eigenvalue weighted by Gasteiger charge is 2.13. The topological polar surface area (TPSA) is 49.7 Å². The molecular weight excluding hydrogens is 187 g/mol. The fraction of sp³-hybridized carbons (Fsp3) is 0.400. The van der Waals surface area contributed by atoms with E-state index in [1.165, 1.54) is 19.2 Å². The third-order valence-electron chi connectivity index (χ3n) is 2.11. The highest BCUT2D eigenvalue weighted by atomic mass is 19.1. The van der Waals surface area contributed by atoms with Gasteiger partial charge in [-0.2, -0.15) is 0 Å². The van der Waals surface area contributed by atoms with Crippen LogP contribution >= 0.6 is 0 Å². The summed E-state index contributed by atoms with van der Waals surface area (Å²) in [6, 6.07) is 2.71. The van der Waals surface area contributed by atoms with Gasteiger partial charge in [-0.3, -0.25) is 0 Å². The SMILES string of the molecule is COc1cc(C(C)CO)cc(F)c1O. The fourth-order valence-electron chi connectivity index (χ4n) is 1.14. The van der Waals surface area contributed by atoms with Crippen LogP contribution in [0.5, 0.6) is 11.5 Å². The van der Waals surface area contributed by atoms with E-state index in [2.05, 4.69) is 0 Å². The zero-order valence-electron chi connectivity index (χ0n) is 8.12. The first-order valence-electron chi connectivity index (χ1n) is 4.27. The summed E-state index contributed by atoms with van der Waals surface area (Å²) in [5.41, 5.74) is 0.597. The van der Waals surface area contributed by atoms with Gasteiger partial charge in [-0.05, 0) is 17.7 Å². The second kappa shape index (κ2) is 4.28. The standard InChI is InChI=1S/C10H13FO3/c1-6(5-12)7-3-8(11)10(13)9(4-7)14-2/h3-4,6,12-13H,5H2,1-2H3. The number of ether oxygens (including phenoxy) is 1. The lowest BCUT2D eigenvalue weighted by Crippen LogP contribution is -2.00. The molecule has 0 aromatic heterocycles. The van der Waals surface area contributed by atoms with Crippen molar-refractivity contribution in [1.29, 1.82) is 0 Å². The van der Waals surface area contributed by atoms with E-state index in [1.807, 2.05) is 0 Å². The number of phenolic OH excluding ortho intramolecular Hbond substituents is 1. The number of hydrogen-bond donors (Lipinski definition) is 2. The van der Waals surface area contributed by atoms with Crippen molar-refractivity contribution in [2.45, 2.75) is 12.8 Å². The van der Waals surface area contributed by atoms with Gasteiger partial charge in [-0.1, -0.05) is 6.92 Å². The fourth-order valence-corrected chi connectivity index (χ4v) is 1.14. The molecule has 0 aliphatic rings. The van der Waals surface area contributed by atoms with Gasteiger partial charge in [0.05, 0.1) is 7.11 Å². The van der Waals surface area contributed by atoms with E-state index in [1.54, 1.807) is 6.92 Å². The smallest absolute Gasteiger partial charge is 0.194 e. The predicted octanol–water partition coefficient (Wildman–Crippen LogP) is 1.64. The number of halogens is 1. The van der Waals surface area contributed by atoms with Crippen molar-refractivity contribution in [1.82, 2.24) is 0 Å². The Morgan fingerprint density at radius 1 is 1.50 bits per heavy atom. The monoisotopic (exact) mass is 200 g/mol. The van der Waals surface area contributed by atoms with Gasteiger partial charge in [0.2, 0.25) is 0 Å². The first-order chi connectivity index (χ1) is 6.60. The minimum atomic E-state index is -0.736. The van der Waals surface area contributed by atoms with Gasteiger partial charge >= 0.3 is 0 Å². The van der Waals surface area contributed by atoms with E-state index in [0.717, 1.165) is 0 Å². The lowest BCUT2D eigenvalue weighted by molar-refractivity contribution is 0.272. The minimum absolute atomic E-state index is 0.0760. The lowest BCUT2D eigenvalue weighted by atomic mass is 10.0. The van der Waals surface area contributed by atoms with E-state index in [-0.39, 0.29) is 18.3 Å². The van der Waals surface area contributed by atoms with Crippen LogP contribution in [0, 0.1) is 5.82 Å². The van der Waals surface area contributed by atoms with Gasteiger partial charge in [0.1, 0.15) is 0 Å². The first-order valence-corrected chi connectivity index (χ1v) is 4.27. The maximum Gasteiger partial charge on any atom is 0.194 e. The van der Waals surface area contributed by atoms with Crippen LogP contribution in [0.2, 0.25) is 0 Å². The zero-order chi connectivity index (χ0) is 10.7. The van der Waals surface area contributed by atoms with Crippen LogP contribution in [0.4, 0.5) is 4.39 Å². The number of rotatable bonds is 3. The van der Waals surface area contributed by atoms with Crippen LogP contribution in [0.3, 0.4) is 0 Å². The van der Waals surface area contributed by atoms with Gasteiger partial charge in [0.25, 0.3) is 0 Å². The van der Waals surface area contributed by atoms with Crippen LogP contribution in [-0.4, -0.2) is 23.9 Å². The third kappa shape index (κ3) is 1.96. The predicted molar refractivity (Wildman–Crippen MR) is 50.1 cm³/mol. The van der Waals surface area contributed by atoms with Crippen molar-refractivity contribution in [2.24, 2.45) is 0 Å². The molecule has 1 aromatic carbocycles. The first kappa shape index (κ1) is 10.8. The molecule has 1 unspecified atom stereocenters. The molecule has 1 atom stereocenters. The van der Waals surface area contributed by atoms with Crippen molar-refractivity contribution in [2.75, 3.05) is 13.7 Å². The summed E-state index contributed by atoms with van der Waals surface area (Å²) in [6.07, 6.45) is 0. The third-order valence-corrected chi connectivity index (χ3v) is 2.11. The Balaban J connectivity index is 3.16. The number of phenols is 1. The Hall–Kier alpha value is -1.29. The van der Waals surface area contributed by atoms with Gasteiger partial charge in [-0.25, -0.2) is 4.39 Å². The molecule has 1 aromatic rings. The molecule has 0 radical (unpaired) electrons. The summed E-state index contributed by atoms with van der Waals surface area (Å²) in [5.74, 6) is -1.33. The van der Waals surface area contributed by atoms with Crippen LogP contribution in [0.15, 0.2) is 12.1 Å². The molecule has 0 bridgehead atoms. The van der Waals surface area contributed by atoms with Gasteiger partial charge in [0, 0.05) is 12.5 Å². The van der Waals surface area contributed by atoms with Crippen molar-refractivity contribution >= 4 is 0 Å². The molecule has 4 heteroatoms. The van der Waals surface area contributed by atoms with Crippen LogP contribution in [0.25, 0.3) is 0 Å². The van der Waals surface area contributed by atoms with Gasteiger partial charge < -0.3 is 14.9 Å². The van der Waals surface area contributed by atoms with Crippen LogP contribution in [0.1, 0.15) is 18.4 Å². The Kier molecular flexibility index (Phi) is 3.30. The van der Waals surface area contributed by atoms with Crippen LogP contribution in [-0.2, 0) is 0 Å². The second-order valence-electron chi connectivity index (χ2n) is 3.14. The molecule has 0 saturated heterocycles. The second-order valence-corrected chi connectivity index (χ2v) is 3.14. The number of aliphatic hydroxyl groups excluding tert-OH is 1. The van der Waals surface area contributed by atoms with E-state index < -0.39 is 11.6 Å². The van der Waals surface area contributed by atoms with Crippen molar-refractivity contribution < 1.29 is 19.3 Å². The van der Waals surface area contributed by atoms with Crippen molar-refractivity contribution in [3.8, 4) is 11.5 Å². The summed E-state index contributed by atoms with van der Waals surface area (Å²) in [7, 11) is 1.35. The number of aliphatic hydroxyl groups is 1. The highest BCUT2D eigenvalue weighted by molar-refractivity contribution is 5.44. The van der Waals surface area contributed by atoms with Gasteiger partial charge in [-0.15, -0.1) is 0 Å². The molecule has 0 saturated carbocycles. The molecule has 1 rings (SSSR count). The maximum absolute atomic E-state index is 13.1. The number of methoxy groups -OCH3 is 1. The lowest BCUT2D eigenvalue weighted by Gasteiger charge is -2.11. The van der Waals surface area contributed by atoms with Crippen LogP contribution < -0.4 is 4.74 Å². The minimum Gasteiger partial charge on any atom is -0.502 e. The van der Waals surface area contributed by atoms with E-state index in [9.17, 15) is 9.50 Å². The van der Waals surface area contributed by atoms with E-state index >= 15 is 0 Å². The summed E-state index contributed by atoms with van der Waals surface area (Å²) in [5, 5.41) is 18.1. The molecule has 0 amide bonds. The van der Waals surface area contributed by atoms with E-state index in [4.69, 9.17) is 9.84 Å². The molecule has 3 nitrogen and oxygen atoms in total. The number of aromatic hydroxyl groups is 1. The summed E-state index contributed by atoms with van der Waals surface area (Å²) in [4.78, 5) is 0. The Labute approximate surface area is 81.8 Å². The van der Waals surface area contributed by atoms with Crippen molar-refractivity contribution in [3.05, 3.63) is 23.5 Å². The molecule has 0 aliphatic heterocycles. The quantitative estimate of drug-likeness (QED) is 0.779. The molecule has 0 spiro atoms. The molecule has 0 aliphatic carbocycles. The maximum atomic E-state index is 13.1. The summed E-state index contributed by atoms with van der Waals surface area (Å²) >= 11 is 0. The summed E-state index contributed by atoms with van der Waals surface area (Å²) < 4.78 is 17.9. The Morgan fingerprint density at radius 3 is 2.64 bits per heavy atom. The molecule has 2 N–H and O–H groups in total. The normalized spacial score (nSPS) is 12.6. The molecule has 78 valence electrons. The van der Waals surface area contributed by atoms with Gasteiger partial charge in [0.15, 0.2) is 17.3 Å².